The fraction of sp³-hybridized carbons (Fsp3) is 0.0769. The minimum atomic E-state index is 0.963. The van der Waals surface area contributed by atoms with Crippen molar-refractivity contribution in [3.8, 4) is 0 Å². The molecule has 0 unspecified atom stereocenters. The van der Waals surface area contributed by atoms with E-state index in [4.69, 9.17) is 0 Å². The highest BCUT2D eigenvalue weighted by atomic mass is 32.1. The number of hydrogen-bond donors (Lipinski definition) is 0. The van der Waals surface area contributed by atoms with Crippen LogP contribution < -0.4 is 0 Å². The van der Waals surface area contributed by atoms with Crippen LogP contribution >= 0.6 is 11.3 Å². The second-order valence-corrected chi connectivity index (χ2v) is 4.50. The maximum absolute atomic E-state index is 2.30. The van der Waals surface area contributed by atoms with Crippen LogP contribution in [-0.4, -0.2) is 4.57 Å². The lowest BCUT2D eigenvalue weighted by molar-refractivity contribution is 0.843. The van der Waals surface area contributed by atoms with E-state index < -0.39 is 0 Å². The van der Waals surface area contributed by atoms with E-state index >= 15 is 0 Å². The van der Waals surface area contributed by atoms with E-state index in [1.54, 1.807) is 11.3 Å². The van der Waals surface area contributed by atoms with Gasteiger partial charge in [0.15, 0.2) is 0 Å². The van der Waals surface area contributed by atoms with Gasteiger partial charge in [0.25, 0.3) is 0 Å². The van der Waals surface area contributed by atoms with E-state index in [2.05, 4.69) is 58.6 Å². The zero-order valence-corrected chi connectivity index (χ0v) is 9.08. The average molecular weight is 213 g/mol. The molecular weight excluding hydrogens is 202 g/mol. The molecule has 0 amide bonds. The Balaban J connectivity index is 1.99. The number of nitrogens with zero attached hydrogens (tertiary/aromatic N) is 1. The number of fused-ring (bicyclic) bond motifs is 1. The molecule has 0 saturated heterocycles. The highest BCUT2D eigenvalue weighted by Gasteiger charge is 2.01. The van der Waals surface area contributed by atoms with E-state index in [-0.39, 0.29) is 0 Å². The van der Waals surface area contributed by atoms with Crippen LogP contribution in [0.4, 0.5) is 0 Å². The molecule has 0 bridgehead atoms. The Labute approximate surface area is 92.6 Å². The van der Waals surface area contributed by atoms with Crippen LogP contribution in [-0.2, 0) is 6.54 Å². The molecule has 0 atom stereocenters. The van der Waals surface area contributed by atoms with Crippen molar-refractivity contribution in [3.63, 3.8) is 0 Å². The van der Waals surface area contributed by atoms with Gasteiger partial charge in [0.05, 0.1) is 0 Å². The van der Waals surface area contributed by atoms with Gasteiger partial charge in [0, 0.05) is 18.1 Å². The molecule has 15 heavy (non-hydrogen) atoms. The van der Waals surface area contributed by atoms with Crippen LogP contribution in [0.1, 0.15) is 5.56 Å². The Kier molecular flexibility index (Phi) is 2.07. The van der Waals surface area contributed by atoms with Gasteiger partial charge in [0.1, 0.15) is 4.83 Å². The minimum Gasteiger partial charge on any atom is -0.335 e. The summed E-state index contributed by atoms with van der Waals surface area (Å²) in [5.41, 5.74) is 1.35. The Morgan fingerprint density at radius 3 is 2.73 bits per heavy atom. The normalized spacial score (nSPS) is 10.9. The summed E-state index contributed by atoms with van der Waals surface area (Å²) in [4.78, 5) is 1.36. The standard InChI is InChI=1S/C13H11NS/c1-2-4-11(5-3-1)10-14-8-6-12-7-9-15-13(12)14/h1-9H,10H2. The van der Waals surface area contributed by atoms with E-state index in [0.29, 0.717) is 0 Å². The summed E-state index contributed by atoms with van der Waals surface area (Å²) in [6.45, 7) is 0.963. The lowest BCUT2D eigenvalue weighted by atomic mass is 10.2. The second-order valence-electron chi connectivity index (χ2n) is 3.61. The van der Waals surface area contributed by atoms with Gasteiger partial charge in [-0.1, -0.05) is 30.3 Å². The lowest BCUT2D eigenvalue weighted by Crippen LogP contribution is -1.95. The third-order valence-corrected chi connectivity index (χ3v) is 3.53. The average Bonchev–Trinajstić information content (AvgIpc) is 2.85. The molecule has 2 aromatic heterocycles. The molecule has 0 fully saturated rings. The van der Waals surface area contributed by atoms with Crippen molar-refractivity contribution in [1.29, 1.82) is 0 Å². The van der Waals surface area contributed by atoms with Crippen LogP contribution in [0.5, 0.6) is 0 Å². The molecular formula is C13H11NS. The van der Waals surface area contributed by atoms with E-state index in [1.807, 2.05) is 0 Å². The molecule has 0 aliphatic heterocycles. The zero-order valence-electron chi connectivity index (χ0n) is 8.26. The van der Waals surface area contributed by atoms with Crippen molar-refractivity contribution in [3.05, 3.63) is 59.6 Å². The summed E-state index contributed by atoms with van der Waals surface area (Å²) in [7, 11) is 0. The molecule has 1 nitrogen and oxygen atoms in total. The number of hydrogen-bond acceptors (Lipinski definition) is 1. The predicted molar refractivity (Wildman–Crippen MR) is 65.4 cm³/mol. The van der Waals surface area contributed by atoms with Gasteiger partial charge in [-0.15, -0.1) is 11.3 Å². The van der Waals surface area contributed by atoms with E-state index in [9.17, 15) is 0 Å². The van der Waals surface area contributed by atoms with Gasteiger partial charge in [0.2, 0.25) is 0 Å². The molecule has 2 heteroatoms. The summed E-state index contributed by atoms with van der Waals surface area (Å²) in [6.07, 6.45) is 2.16. The van der Waals surface area contributed by atoms with Crippen molar-refractivity contribution in [2.45, 2.75) is 6.54 Å². The Morgan fingerprint density at radius 2 is 1.87 bits per heavy atom. The summed E-state index contributed by atoms with van der Waals surface area (Å²) in [5, 5.41) is 3.49. The van der Waals surface area contributed by atoms with Crippen molar-refractivity contribution in [1.82, 2.24) is 4.57 Å². The van der Waals surface area contributed by atoms with Gasteiger partial charge >= 0.3 is 0 Å². The molecule has 0 aliphatic rings. The smallest absolute Gasteiger partial charge is 0.103 e. The van der Waals surface area contributed by atoms with Gasteiger partial charge in [-0.05, 0) is 23.1 Å². The van der Waals surface area contributed by atoms with Crippen LogP contribution in [0.2, 0.25) is 0 Å². The summed E-state index contributed by atoms with van der Waals surface area (Å²) < 4.78 is 2.30. The van der Waals surface area contributed by atoms with E-state index in [1.165, 1.54) is 15.8 Å². The number of benzene rings is 1. The summed E-state index contributed by atoms with van der Waals surface area (Å²) in [6, 6.07) is 14.9. The van der Waals surface area contributed by atoms with Crippen LogP contribution in [0, 0.1) is 0 Å². The quantitative estimate of drug-likeness (QED) is 0.611. The van der Waals surface area contributed by atoms with Crippen molar-refractivity contribution in [2.75, 3.05) is 0 Å². The lowest BCUT2D eigenvalue weighted by Gasteiger charge is -2.03. The highest BCUT2D eigenvalue weighted by molar-refractivity contribution is 7.16. The third kappa shape index (κ3) is 1.57. The molecule has 0 spiro atoms. The summed E-state index contributed by atoms with van der Waals surface area (Å²) >= 11 is 1.80. The molecule has 2 heterocycles. The monoisotopic (exact) mass is 213 g/mol. The predicted octanol–water partition coefficient (Wildman–Crippen LogP) is 3.75. The Hall–Kier alpha value is -1.54. The highest BCUT2D eigenvalue weighted by Crippen LogP contribution is 2.22. The van der Waals surface area contributed by atoms with Gasteiger partial charge in [-0.2, -0.15) is 0 Å². The number of thiophene rings is 1. The first-order chi connectivity index (χ1) is 7.43. The van der Waals surface area contributed by atoms with Crippen molar-refractivity contribution in [2.24, 2.45) is 0 Å². The maximum atomic E-state index is 2.30. The van der Waals surface area contributed by atoms with Crippen LogP contribution in [0.15, 0.2) is 54.0 Å². The number of aromatic nitrogens is 1. The Bertz CT molecular complexity index is 562. The molecule has 0 saturated carbocycles. The van der Waals surface area contributed by atoms with Crippen molar-refractivity contribution < 1.29 is 0 Å². The first kappa shape index (κ1) is 8.74. The first-order valence-corrected chi connectivity index (χ1v) is 5.88. The maximum Gasteiger partial charge on any atom is 0.103 e. The molecule has 1 aromatic carbocycles. The van der Waals surface area contributed by atoms with Gasteiger partial charge < -0.3 is 4.57 Å². The SMILES string of the molecule is c1ccc(Cn2ccc3ccsc32)cc1. The molecule has 74 valence electrons. The minimum absolute atomic E-state index is 0.963. The number of rotatable bonds is 2. The van der Waals surface area contributed by atoms with Crippen LogP contribution in [0.3, 0.4) is 0 Å². The van der Waals surface area contributed by atoms with E-state index in [0.717, 1.165) is 6.54 Å². The topological polar surface area (TPSA) is 4.93 Å². The van der Waals surface area contributed by atoms with Gasteiger partial charge in [-0.25, -0.2) is 0 Å². The summed E-state index contributed by atoms with van der Waals surface area (Å²) in [5.74, 6) is 0. The van der Waals surface area contributed by atoms with Crippen molar-refractivity contribution >= 4 is 21.6 Å². The molecule has 0 N–H and O–H groups in total. The Morgan fingerprint density at radius 1 is 1.00 bits per heavy atom. The largest absolute Gasteiger partial charge is 0.335 e. The zero-order chi connectivity index (χ0) is 10.1. The fourth-order valence-corrected chi connectivity index (χ4v) is 2.69. The molecule has 0 radical (unpaired) electrons. The van der Waals surface area contributed by atoms with Crippen LogP contribution in [0.25, 0.3) is 10.2 Å². The first-order valence-electron chi connectivity index (χ1n) is 5.00. The van der Waals surface area contributed by atoms with Gasteiger partial charge in [-0.3, -0.25) is 0 Å². The molecule has 3 rings (SSSR count). The molecule has 3 aromatic rings. The second kappa shape index (κ2) is 3.55. The third-order valence-electron chi connectivity index (χ3n) is 2.56. The molecule has 0 aliphatic carbocycles. The fourth-order valence-electron chi connectivity index (χ4n) is 1.81.